The summed E-state index contributed by atoms with van der Waals surface area (Å²) in [7, 11) is 0. The number of carbonyl (C=O) groups is 1. The van der Waals surface area contributed by atoms with E-state index < -0.39 is 5.97 Å². The fourth-order valence-electron chi connectivity index (χ4n) is 1.95. The van der Waals surface area contributed by atoms with Crippen LogP contribution < -0.4 is 0 Å². The Morgan fingerprint density at radius 3 is 2.36 bits per heavy atom. The number of nitrogens with zero attached hydrogens (tertiary/aromatic N) is 1. The summed E-state index contributed by atoms with van der Waals surface area (Å²) in [6.07, 6.45) is 2.50. The van der Waals surface area contributed by atoms with E-state index >= 15 is 0 Å². The van der Waals surface area contributed by atoms with Gasteiger partial charge in [0.2, 0.25) is 0 Å². The van der Waals surface area contributed by atoms with Crippen LogP contribution in [0, 0.1) is 11.3 Å². The monoisotopic (exact) mass is 291 g/mol. The standard InChI is InChI=1S/C19H17NO2/c1-2-15-8-10-16(11-9-15)12-18(13-20)19(21)22-14-17-6-4-3-5-7-17/h3-12H,2,14H2,1H3/b18-12+. The van der Waals surface area contributed by atoms with Crippen molar-refractivity contribution in [2.24, 2.45) is 0 Å². The number of rotatable bonds is 5. The summed E-state index contributed by atoms with van der Waals surface area (Å²) in [4.78, 5) is 12.0. The van der Waals surface area contributed by atoms with E-state index in [1.165, 1.54) is 5.56 Å². The highest BCUT2D eigenvalue weighted by molar-refractivity contribution is 5.97. The Kier molecular flexibility index (Phi) is 5.50. The molecule has 2 aromatic carbocycles. The normalized spacial score (nSPS) is 10.8. The molecule has 22 heavy (non-hydrogen) atoms. The summed E-state index contributed by atoms with van der Waals surface area (Å²) >= 11 is 0. The lowest BCUT2D eigenvalue weighted by molar-refractivity contribution is -0.139. The third-order valence-electron chi connectivity index (χ3n) is 3.25. The van der Waals surface area contributed by atoms with Gasteiger partial charge in [0.15, 0.2) is 0 Å². The molecule has 0 atom stereocenters. The third-order valence-corrected chi connectivity index (χ3v) is 3.25. The van der Waals surface area contributed by atoms with Gasteiger partial charge in [0.25, 0.3) is 0 Å². The fourth-order valence-corrected chi connectivity index (χ4v) is 1.95. The van der Waals surface area contributed by atoms with Crippen LogP contribution in [0.1, 0.15) is 23.6 Å². The number of nitriles is 1. The molecular formula is C19H17NO2. The van der Waals surface area contributed by atoms with Gasteiger partial charge in [0.1, 0.15) is 18.2 Å². The molecule has 0 aromatic heterocycles. The second-order valence-electron chi connectivity index (χ2n) is 4.83. The van der Waals surface area contributed by atoms with Gasteiger partial charge >= 0.3 is 5.97 Å². The van der Waals surface area contributed by atoms with Crippen LogP contribution in [0.3, 0.4) is 0 Å². The van der Waals surface area contributed by atoms with Crippen LogP contribution in [0.5, 0.6) is 0 Å². The van der Waals surface area contributed by atoms with Gasteiger partial charge in [-0.3, -0.25) is 0 Å². The second kappa shape index (κ2) is 7.80. The largest absolute Gasteiger partial charge is 0.457 e. The van der Waals surface area contributed by atoms with Crippen LogP contribution in [0.25, 0.3) is 6.08 Å². The van der Waals surface area contributed by atoms with Crippen molar-refractivity contribution in [1.82, 2.24) is 0 Å². The molecular weight excluding hydrogens is 274 g/mol. The lowest BCUT2D eigenvalue weighted by Crippen LogP contribution is -2.06. The number of benzene rings is 2. The summed E-state index contributed by atoms with van der Waals surface area (Å²) in [5, 5.41) is 9.14. The fraction of sp³-hybridized carbons (Fsp3) is 0.158. The van der Waals surface area contributed by atoms with Crippen molar-refractivity contribution < 1.29 is 9.53 Å². The quantitative estimate of drug-likeness (QED) is 0.477. The molecule has 0 spiro atoms. The summed E-state index contributed by atoms with van der Waals surface area (Å²) in [5.41, 5.74) is 2.91. The van der Waals surface area contributed by atoms with Crippen molar-refractivity contribution >= 4 is 12.0 Å². The first-order valence-electron chi connectivity index (χ1n) is 7.14. The molecule has 0 unspecified atom stereocenters. The molecule has 3 nitrogen and oxygen atoms in total. The van der Waals surface area contributed by atoms with Crippen LogP contribution in [0.4, 0.5) is 0 Å². The molecule has 110 valence electrons. The molecule has 0 aliphatic heterocycles. The minimum absolute atomic E-state index is 0.000166. The molecule has 0 N–H and O–H groups in total. The van der Waals surface area contributed by atoms with Crippen LogP contribution >= 0.6 is 0 Å². The Hall–Kier alpha value is -2.86. The first kappa shape index (κ1) is 15.5. The highest BCUT2D eigenvalue weighted by Gasteiger charge is 2.10. The van der Waals surface area contributed by atoms with Gasteiger partial charge in [-0.15, -0.1) is 0 Å². The summed E-state index contributed by atoms with van der Waals surface area (Å²) < 4.78 is 5.17. The zero-order valence-corrected chi connectivity index (χ0v) is 12.5. The SMILES string of the molecule is CCc1ccc(/C=C(\C#N)C(=O)OCc2ccccc2)cc1. The Morgan fingerprint density at radius 1 is 1.09 bits per heavy atom. The predicted molar refractivity (Wildman–Crippen MR) is 85.6 cm³/mol. The van der Waals surface area contributed by atoms with Crippen LogP contribution in [-0.2, 0) is 22.6 Å². The first-order valence-corrected chi connectivity index (χ1v) is 7.14. The molecule has 2 rings (SSSR count). The van der Waals surface area contributed by atoms with Gasteiger partial charge in [-0.2, -0.15) is 5.26 Å². The van der Waals surface area contributed by atoms with Crippen molar-refractivity contribution in [3.8, 4) is 6.07 Å². The van der Waals surface area contributed by atoms with Crippen molar-refractivity contribution in [3.63, 3.8) is 0 Å². The van der Waals surface area contributed by atoms with E-state index in [-0.39, 0.29) is 12.2 Å². The van der Waals surface area contributed by atoms with Crippen molar-refractivity contribution in [1.29, 1.82) is 5.26 Å². The minimum atomic E-state index is -0.606. The maximum atomic E-state index is 12.0. The number of carbonyl (C=O) groups excluding carboxylic acids is 1. The average molecular weight is 291 g/mol. The Balaban J connectivity index is 2.04. The number of hydrogen-bond donors (Lipinski definition) is 0. The van der Waals surface area contributed by atoms with Crippen LogP contribution in [0.15, 0.2) is 60.2 Å². The number of aryl methyl sites for hydroxylation is 1. The molecule has 3 heteroatoms. The van der Waals surface area contributed by atoms with Gasteiger partial charge in [0, 0.05) is 0 Å². The molecule has 0 saturated heterocycles. The maximum absolute atomic E-state index is 12.0. The van der Waals surface area contributed by atoms with E-state index in [2.05, 4.69) is 6.92 Å². The van der Waals surface area contributed by atoms with E-state index in [0.29, 0.717) is 0 Å². The lowest BCUT2D eigenvalue weighted by Gasteiger charge is -2.04. The molecule has 0 radical (unpaired) electrons. The molecule has 0 amide bonds. The van der Waals surface area contributed by atoms with Crippen LogP contribution in [0.2, 0.25) is 0 Å². The van der Waals surface area contributed by atoms with Gasteiger partial charge < -0.3 is 4.74 Å². The van der Waals surface area contributed by atoms with Crippen molar-refractivity contribution in [2.45, 2.75) is 20.0 Å². The summed E-state index contributed by atoms with van der Waals surface area (Å²) in [5.74, 6) is -0.606. The smallest absolute Gasteiger partial charge is 0.349 e. The molecule has 0 heterocycles. The Bertz CT molecular complexity index is 694. The summed E-state index contributed by atoms with van der Waals surface area (Å²) in [6, 6.07) is 19.0. The van der Waals surface area contributed by atoms with Crippen molar-refractivity contribution in [2.75, 3.05) is 0 Å². The number of esters is 1. The Morgan fingerprint density at radius 2 is 1.77 bits per heavy atom. The van der Waals surface area contributed by atoms with Crippen molar-refractivity contribution in [3.05, 3.63) is 76.9 Å². The van der Waals surface area contributed by atoms with E-state index in [1.54, 1.807) is 6.08 Å². The summed E-state index contributed by atoms with van der Waals surface area (Å²) in [6.45, 7) is 2.24. The van der Waals surface area contributed by atoms with E-state index in [9.17, 15) is 4.79 Å². The zero-order chi connectivity index (χ0) is 15.8. The van der Waals surface area contributed by atoms with Gasteiger partial charge in [-0.25, -0.2) is 4.79 Å². The Labute approximate surface area is 130 Å². The topological polar surface area (TPSA) is 50.1 Å². The van der Waals surface area contributed by atoms with Gasteiger partial charge in [-0.1, -0.05) is 61.5 Å². The third kappa shape index (κ3) is 4.32. The molecule has 0 bridgehead atoms. The predicted octanol–water partition coefficient (Wildman–Crippen LogP) is 3.90. The molecule has 0 aliphatic carbocycles. The molecule has 0 saturated carbocycles. The number of ether oxygens (including phenoxy) is 1. The van der Waals surface area contributed by atoms with Gasteiger partial charge in [0.05, 0.1) is 0 Å². The highest BCUT2D eigenvalue weighted by Crippen LogP contribution is 2.11. The van der Waals surface area contributed by atoms with E-state index in [4.69, 9.17) is 10.00 Å². The molecule has 0 aliphatic rings. The average Bonchev–Trinajstić information content (AvgIpc) is 2.59. The van der Waals surface area contributed by atoms with Gasteiger partial charge in [-0.05, 0) is 29.2 Å². The minimum Gasteiger partial charge on any atom is -0.457 e. The second-order valence-corrected chi connectivity index (χ2v) is 4.83. The molecule has 2 aromatic rings. The van der Waals surface area contributed by atoms with Crippen LogP contribution in [-0.4, -0.2) is 5.97 Å². The first-order chi connectivity index (χ1) is 10.7. The van der Waals surface area contributed by atoms with E-state index in [1.807, 2.05) is 60.7 Å². The molecule has 0 fully saturated rings. The zero-order valence-electron chi connectivity index (χ0n) is 12.5. The maximum Gasteiger partial charge on any atom is 0.349 e. The highest BCUT2D eigenvalue weighted by atomic mass is 16.5. The lowest BCUT2D eigenvalue weighted by atomic mass is 10.1. The number of hydrogen-bond acceptors (Lipinski definition) is 3. The van der Waals surface area contributed by atoms with E-state index in [0.717, 1.165) is 17.5 Å².